The van der Waals surface area contributed by atoms with Crippen LogP contribution >= 0.6 is 0 Å². The van der Waals surface area contributed by atoms with Crippen molar-refractivity contribution in [2.75, 3.05) is 37.6 Å². The molecule has 0 aromatic heterocycles. The van der Waals surface area contributed by atoms with Crippen molar-refractivity contribution in [3.63, 3.8) is 0 Å². The van der Waals surface area contributed by atoms with Crippen molar-refractivity contribution in [1.29, 1.82) is 0 Å². The van der Waals surface area contributed by atoms with Gasteiger partial charge >= 0.3 is 6.03 Å². The Labute approximate surface area is 215 Å². The van der Waals surface area contributed by atoms with Crippen LogP contribution in [0.15, 0.2) is 24.3 Å². The minimum absolute atomic E-state index is 0.0270. The van der Waals surface area contributed by atoms with Crippen LogP contribution in [0.3, 0.4) is 0 Å². The molecule has 7 rings (SSSR count). The van der Waals surface area contributed by atoms with Crippen LogP contribution in [-0.2, 0) is 4.79 Å². The lowest BCUT2D eigenvalue weighted by molar-refractivity contribution is -0.163. The second-order valence-corrected chi connectivity index (χ2v) is 12.6. The highest BCUT2D eigenvalue weighted by Crippen LogP contribution is 2.60. The first-order valence-electron chi connectivity index (χ1n) is 14.2. The molecule has 4 aliphatic carbocycles. The number of nitrogens with zero attached hydrogens (tertiary/aromatic N) is 3. The lowest BCUT2D eigenvalue weighted by atomic mass is 9.48. The number of rotatable bonds is 3. The molecule has 2 aliphatic heterocycles. The van der Waals surface area contributed by atoms with Crippen LogP contribution in [0.1, 0.15) is 57.4 Å². The van der Waals surface area contributed by atoms with Gasteiger partial charge in [0.05, 0.1) is 11.5 Å². The summed E-state index contributed by atoms with van der Waals surface area (Å²) in [6, 6.07) is 8.99. The highest BCUT2D eigenvalue weighted by Gasteiger charge is 2.58. The Hall–Kier alpha value is -2.28. The highest BCUT2D eigenvalue weighted by atomic mass is 16.3. The standard InChI is InChI=1S/C29H42N4O3/c1-19-5-3-7-25(11-19)33-10-9-32(17-20(33)2)28(36)31-8-4-6-24(18-31)30-27(35)29-14-21-12-22(15-29)26(34)23(13-21)16-29/h3,5,7,11,20-24,26,34H,4,6,8-10,12-18H2,1-2H3,(H,30,35)/t20?,21?,22?,23?,24-,26?,29?/m0/s1. The van der Waals surface area contributed by atoms with Crippen LogP contribution in [-0.4, -0.2) is 77.8 Å². The molecule has 0 spiro atoms. The van der Waals surface area contributed by atoms with E-state index in [2.05, 4.69) is 48.3 Å². The summed E-state index contributed by atoms with van der Waals surface area (Å²) in [5, 5.41) is 14.0. The Morgan fingerprint density at radius 2 is 1.78 bits per heavy atom. The topological polar surface area (TPSA) is 76.1 Å². The number of aryl methyl sites for hydroxylation is 1. The normalized spacial score (nSPS) is 37.8. The number of urea groups is 1. The zero-order chi connectivity index (χ0) is 25.0. The van der Waals surface area contributed by atoms with Crippen molar-refractivity contribution in [3.8, 4) is 0 Å². The number of carbonyl (C=O) groups excluding carboxylic acids is 2. The lowest BCUT2D eigenvalue weighted by Gasteiger charge is -2.58. The molecular formula is C29H42N4O3. The van der Waals surface area contributed by atoms with Crippen molar-refractivity contribution in [3.05, 3.63) is 29.8 Å². The number of amides is 3. The molecule has 2 saturated heterocycles. The number of hydrogen-bond acceptors (Lipinski definition) is 4. The van der Waals surface area contributed by atoms with Crippen LogP contribution in [0.5, 0.6) is 0 Å². The Bertz CT molecular complexity index is 998. The molecular weight excluding hydrogens is 452 g/mol. The number of hydrogen-bond donors (Lipinski definition) is 2. The van der Waals surface area contributed by atoms with Crippen LogP contribution in [0.4, 0.5) is 10.5 Å². The molecule has 7 heteroatoms. The van der Waals surface area contributed by atoms with Gasteiger partial charge in [-0.15, -0.1) is 0 Å². The van der Waals surface area contributed by atoms with E-state index in [0.717, 1.165) is 71.1 Å². The van der Waals surface area contributed by atoms with Crippen molar-refractivity contribution in [1.82, 2.24) is 15.1 Å². The first kappa shape index (κ1) is 24.1. The maximum absolute atomic E-state index is 13.6. The van der Waals surface area contributed by atoms with Gasteiger partial charge in [-0.2, -0.15) is 0 Å². The number of benzene rings is 1. The van der Waals surface area contributed by atoms with Gasteiger partial charge in [0.1, 0.15) is 0 Å². The Morgan fingerprint density at radius 1 is 1.03 bits per heavy atom. The first-order chi connectivity index (χ1) is 17.3. The van der Waals surface area contributed by atoms with Gasteiger partial charge in [-0.25, -0.2) is 4.79 Å². The Balaban J connectivity index is 1.05. The fourth-order valence-corrected chi connectivity index (χ4v) is 8.40. The smallest absolute Gasteiger partial charge is 0.320 e. The van der Waals surface area contributed by atoms with Crippen molar-refractivity contribution < 1.29 is 14.7 Å². The van der Waals surface area contributed by atoms with Gasteiger partial charge in [-0.05, 0) is 94.2 Å². The Morgan fingerprint density at radius 3 is 2.50 bits per heavy atom. The fraction of sp³-hybridized carbons (Fsp3) is 0.724. The minimum Gasteiger partial charge on any atom is -0.393 e. The molecule has 2 N–H and O–H groups in total. The van der Waals surface area contributed by atoms with Gasteiger partial charge in [0.2, 0.25) is 5.91 Å². The van der Waals surface area contributed by atoms with Crippen LogP contribution in [0.2, 0.25) is 0 Å². The van der Waals surface area contributed by atoms with Crippen molar-refractivity contribution in [2.45, 2.75) is 77.0 Å². The van der Waals surface area contributed by atoms with Crippen LogP contribution in [0.25, 0.3) is 0 Å². The van der Waals surface area contributed by atoms with Gasteiger partial charge in [-0.1, -0.05) is 12.1 Å². The zero-order valence-electron chi connectivity index (χ0n) is 21.9. The van der Waals surface area contributed by atoms with Gasteiger partial charge < -0.3 is 25.1 Å². The number of likely N-dealkylation sites (tertiary alicyclic amines) is 1. The number of aliphatic hydroxyl groups is 1. The summed E-state index contributed by atoms with van der Waals surface area (Å²) in [6.07, 6.45) is 6.49. The average molecular weight is 495 g/mol. The molecule has 4 atom stereocenters. The fourth-order valence-electron chi connectivity index (χ4n) is 8.40. The molecule has 1 aromatic carbocycles. The predicted molar refractivity (Wildman–Crippen MR) is 140 cm³/mol. The minimum atomic E-state index is -0.288. The quantitative estimate of drug-likeness (QED) is 0.676. The van der Waals surface area contributed by atoms with Crippen LogP contribution < -0.4 is 10.2 Å². The van der Waals surface area contributed by atoms with E-state index < -0.39 is 0 Å². The predicted octanol–water partition coefficient (Wildman–Crippen LogP) is 3.39. The molecule has 3 unspecified atom stereocenters. The highest BCUT2D eigenvalue weighted by molar-refractivity contribution is 5.83. The van der Waals surface area contributed by atoms with E-state index in [1.807, 2.05) is 9.80 Å². The molecule has 36 heavy (non-hydrogen) atoms. The maximum atomic E-state index is 13.6. The number of piperidine rings is 1. The second-order valence-electron chi connectivity index (χ2n) is 12.6. The molecule has 4 bridgehead atoms. The summed E-state index contributed by atoms with van der Waals surface area (Å²) in [7, 11) is 0. The molecule has 7 nitrogen and oxygen atoms in total. The van der Waals surface area contributed by atoms with Crippen molar-refractivity contribution in [2.24, 2.45) is 23.2 Å². The molecule has 196 valence electrons. The molecule has 2 heterocycles. The number of nitrogens with one attached hydrogen (secondary N) is 1. The van der Waals surface area contributed by atoms with Gasteiger partial charge in [0, 0.05) is 50.5 Å². The summed E-state index contributed by atoms with van der Waals surface area (Å²) in [6.45, 7) is 7.96. The zero-order valence-corrected chi connectivity index (χ0v) is 21.9. The number of carbonyl (C=O) groups is 2. The molecule has 1 aromatic rings. The van der Waals surface area contributed by atoms with Crippen LogP contribution in [0, 0.1) is 30.1 Å². The third kappa shape index (κ3) is 4.27. The van der Waals surface area contributed by atoms with E-state index in [-0.39, 0.29) is 35.5 Å². The largest absolute Gasteiger partial charge is 0.393 e. The van der Waals surface area contributed by atoms with E-state index in [4.69, 9.17) is 0 Å². The van der Waals surface area contributed by atoms with E-state index in [1.165, 1.54) is 11.3 Å². The van der Waals surface area contributed by atoms with E-state index >= 15 is 0 Å². The van der Waals surface area contributed by atoms with Crippen molar-refractivity contribution >= 4 is 17.6 Å². The SMILES string of the molecule is Cc1cccc(N2CCN(C(=O)N3CCC[C@H](NC(=O)C45CC6CC(C4)C(O)C(C6)C5)C3)CC2C)c1. The summed E-state index contributed by atoms with van der Waals surface area (Å²) >= 11 is 0. The maximum Gasteiger partial charge on any atom is 0.320 e. The van der Waals surface area contributed by atoms with E-state index in [1.54, 1.807) is 0 Å². The van der Waals surface area contributed by atoms with Gasteiger partial charge in [-0.3, -0.25) is 4.79 Å². The average Bonchev–Trinajstić information content (AvgIpc) is 2.86. The van der Waals surface area contributed by atoms with Gasteiger partial charge in [0.25, 0.3) is 0 Å². The number of aliphatic hydroxyl groups excluding tert-OH is 1. The monoisotopic (exact) mass is 494 g/mol. The van der Waals surface area contributed by atoms with E-state index in [0.29, 0.717) is 24.3 Å². The number of piperazine rings is 1. The summed E-state index contributed by atoms with van der Waals surface area (Å²) in [5.74, 6) is 1.38. The Kier molecular flexibility index (Phi) is 6.17. The molecule has 0 radical (unpaired) electrons. The molecule has 4 saturated carbocycles. The summed E-state index contributed by atoms with van der Waals surface area (Å²) in [5.41, 5.74) is 2.20. The summed E-state index contributed by atoms with van der Waals surface area (Å²) in [4.78, 5) is 33.4. The number of anilines is 1. The lowest BCUT2D eigenvalue weighted by Crippen LogP contribution is -2.62. The third-order valence-electron chi connectivity index (χ3n) is 9.96. The van der Waals surface area contributed by atoms with E-state index in [9.17, 15) is 14.7 Å². The molecule has 6 fully saturated rings. The first-order valence-corrected chi connectivity index (χ1v) is 14.2. The second kappa shape index (κ2) is 9.23. The third-order valence-corrected chi connectivity index (χ3v) is 9.96. The van der Waals surface area contributed by atoms with Gasteiger partial charge in [0.15, 0.2) is 0 Å². The molecule has 3 amide bonds. The molecule has 6 aliphatic rings. The summed E-state index contributed by atoms with van der Waals surface area (Å²) < 4.78 is 0.